The van der Waals surface area contributed by atoms with Gasteiger partial charge in [0.25, 0.3) is 0 Å². The Balaban J connectivity index is 2.45. The number of hydrogen-bond donors (Lipinski definition) is 0. The molecule has 1 heterocycles. The number of hydrogen-bond acceptors (Lipinski definition) is 3. The normalized spacial score (nSPS) is 10.4. The van der Waals surface area contributed by atoms with E-state index in [9.17, 15) is 4.79 Å². The summed E-state index contributed by atoms with van der Waals surface area (Å²) in [7, 11) is 0. The zero-order valence-corrected chi connectivity index (χ0v) is 10.4. The Morgan fingerprint density at radius 3 is 2.56 bits per heavy atom. The van der Waals surface area contributed by atoms with E-state index in [1.165, 1.54) is 0 Å². The van der Waals surface area contributed by atoms with Crippen molar-refractivity contribution >= 4 is 17.1 Å². The van der Waals surface area contributed by atoms with Crippen LogP contribution >= 0.6 is 11.3 Å². The fourth-order valence-corrected chi connectivity index (χ4v) is 2.34. The maximum Gasteiger partial charge on any atom is 0.160 e. The van der Waals surface area contributed by atoms with E-state index in [0.717, 1.165) is 27.4 Å². The highest BCUT2D eigenvalue weighted by Crippen LogP contribution is 2.23. The molecule has 1 aromatic carbocycles. The number of aromatic nitrogens is 1. The van der Waals surface area contributed by atoms with Gasteiger partial charge in [-0.05, 0) is 32.4 Å². The molecule has 0 aliphatic rings. The van der Waals surface area contributed by atoms with Gasteiger partial charge in [-0.25, -0.2) is 4.98 Å². The molecule has 0 bridgehead atoms. The molecule has 0 saturated heterocycles. The number of Topliss-reactive ketones (excluding diaryl/α,β-unsaturated/α-hetero) is 1. The van der Waals surface area contributed by atoms with Crippen LogP contribution in [0.5, 0.6) is 0 Å². The average molecular weight is 231 g/mol. The number of benzene rings is 1. The molecule has 0 amide bonds. The molecular weight excluding hydrogens is 218 g/mol. The Morgan fingerprint density at radius 1 is 1.31 bits per heavy atom. The maximum atomic E-state index is 11.3. The summed E-state index contributed by atoms with van der Waals surface area (Å²) in [6.07, 6.45) is 0. The first-order valence-corrected chi connectivity index (χ1v) is 6.00. The molecule has 0 atom stereocenters. The van der Waals surface area contributed by atoms with Crippen molar-refractivity contribution in [3.05, 3.63) is 39.7 Å². The highest BCUT2D eigenvalue weighted by Gasteiger charge is 2.07. The highest BCUT2D eigenvalue weighted by molar-refractivity contribution is 7.09. The van der Waals surface area contributed by atoms with E-state index in [4.69, 9.17) is 0 Å². The van der Waals surface area contributed by atoms with E-state index in [0.29, 0.717) is 0 Å². The van der Waals surface area contributed by atoms with Crippen LogP contribution in [0, 0.1) is 13.8 Å². The molecule has 0 unspecified atom stereocenters. The summed E-state index contributed by atoms with van der Waals surface area (Å²) < 4.78 is 0. The number of carbonyl (C=O) groups excluding carboxylic acids is 1. The van der Waals surface area contributed by atoms with Crippen LogP contribution in [0.2, 0.25) is 0 Å². The summed E-state index contributed by atoms with van der Waals surface area (Å²) in [5.41, 5.74) is 3.86. The first kappa shape index (κ1) is 11.0. The zero-order chi connectivity index (χ0) is 11.7. The highest BCUT2D eigenvalue weighted by atomic mass is 32.1. The number of carbonyl (C=O) groups is 1. The van der Waals surface area contributed by atoms with Crippen LogP contribution in [0.25, 0.3) is 11.3 Å². The third-order valence-electron chi connectivity index (χ3n) is 2.52. The van der Waals surface area contributed by atoms with Crippen LogP contribution in [-0.2, 0) is 0 Å². The minimum absolute atomic E-state index is 0.110. The number of ketones is 1. The lowest BCUT2D eigenvalue weighted by molar-refractivity contribution is 0.101. The van der Waals surface area contributed by atoms with E-state index in [1.54, 1.807) is 18.3 Å². The Labute approximate surface area is 99.0 Å². The van der Waals surface area contributed by atoms with Crippen LogP contribution < -0.4 is 0 Å². The van der Waals surface area contributed by atoms with Crippen molar-refractivity contribution in [1.29, 1.82) is 0 Å². The quantitative estimate of drug-likeness (QED) is 0.739. The van der Waals surface area contributed by atoms with E-state index in [1.807, 2.05) is 37.4 Å². The molecule has 16 heavy (non-hydrogen) atoms. The van der Waals surface area contributed by atoms with Crippen molar-refractivity contribution in [3.63, 3.8) is 0 Å². The fourth-order valence-electron chi connectivity index (χ4n) is 1.71. The molecule has 82 valence electrons. The Kier molecular flexibility index (Phi) is 2.88. The maximum absolute atomic E-state index is 11.3. The fraction of sp³-hybridized carbons (Fsp3) is 0.231. The smallest absolute Gasteiger partial charge is 0.160 e. The molecule has 0 aliphatic heterocycles. The molecule has 0 N–H and O–H groups in total. The zero-order valence-electron chi connectivity index (χ0n) is 9.57. The van der Waals surface area contributed by atoms with Crippen LogP contribution in [0.15, 0.2) is 23.6 Å². The van der Waals surface area contributed by atoms with Crippen molar-refractivity contribution in [3.8, 4) is 11.3 Å². The van der Waals surface area contributed by atoms with E-state index < -0.39 is 0 Å². The third kappa shape index (κ3) is 2.04. The molecule has 3 heteroatoms. The van der Waals surface area contributed by atoms with Crippen molar-refractivity contribution in [2.75, 3.05) is 0 Å². The minimum Gasteiger partial charge on any atom is -0.295 e. The van der Waals surface area contributed by atoms with Crippen molar-refractivity contribution in [1.82, 2.24) is 4.98 Å². The molecule has 0 aliphatic carbocycles. The number of aryl methyl sites for hydroxylation is 2. The van der Waals surface area contributed by atoms with Gasteiger partial charge < -0.3 is 0 Å². The van der Waals surface area contributed by atoms with Crippen LogP contribution in [-0.4, -0.2) is 10.8 Å². The molecule has 0 fully saturated rings. The van der Waals surface area contributed by atoms with Crippen LogP contribution in [0.3, 0.4) is 0 Å². The molecule has 2 aromatic rings. The molecule has 2 rings (SSSR count). The number of rotatable bonds is 2. The van der Waals surface area contributed by atoms with Gasteiger partial charge >= 0.3 is 0 Å². The van der Waals surface area contributed by atoms with Gasteiger partial charge in [-0.1, -0.05) is 12.1 Å². The molecule has 2 nitrogen and oxygen atoms in total. The predicted octanol–water partition coefficient (Wildman–Crippen LogP) is 3.63. The van der Waals surface area contributed by atoms with Crippen LogP contribution in [0.4, 0.5) is 0 Å². The topological polar surface area (TPSA) is 30.0 Å². The second-order valence-corrected chi connectivity index (χ2v) is 4.90. The average Bonchev–Trinajstić information content (AvgIpc) is 2.64. The third-order valence-corrected chi connectivity index (χ3v) is 3.29. The Bertz CT molecular complexity index is 543. The molecular formula is C13H13NOS. The number of thiazole rings is 1. The van der Waals surface area contributed by atoms with Crippen molar-refractivity contribution in [2.24, 2.45) is 0 Å². The van der Waals surface area contributed by atoms with Gasteiger partial charge in [0.05, 0.1) is 10.7 Å². The lowest BCUT2D eigenvalue weighted by Gasteiger charge is -2.03. The molecule has 0 saturated carbocycles. The monoisotopic (exact) mass is 231 g/mol. The van der Waals surface area contributed by atoms with Gasteiger partial charge in [-0.3, -0.25) is 4.79 Å². The number of nitrogens with zero attached hydrogens (tertiary/aromatic N) is 1. The summed E-state index contributed by atoms with van der Waals surface area (Å²) >= 11 is 1.64. The second kappa shape index (κ2) is 4.18. The summed E-state index contributed by atoms with van der Waals surface area (Å²) in [5.74, 6) is 0.110. The molecule has 1 aromatic heterocycles. The van der Waals surface area contributed by atoms with Crippen molar-refractivity contribution < 1.29 is 4.79 Å². The Morgan fingerprint density at radius 2 is 2.06 bits per heavy atom. The van der Waals surface area contributed by atoms with Gasteiger partial charge in [-0.15, -0.1) is 11.3 Å². The summed E-state index contributed by atoms with van der Waals surface area (Å²) in [6, 6.07) is 5.85. The summed E-state index contributed by atoms with van der Waals surface area (Å²) in [6.45, 7) is 5.54. The van der Waals surface area contributed by atoms with E-state index >= 15 is 0 Å². The van der Waals surface area contributed by atoms with Gasteiger partial charge in [0, 0.05) is 16.5 Å². The second-order valence-electron chi connectivity index (χ2n) is 3.84. The van der Waals surface area contributed by atoms with Gasteiger partial charge in [0.2, 0.25) is 0 Å². The van der Waals surface area contributed by atoms with Crippen LogP contribution in [0.1, 0.15) is 27.9 Å². The van der Waals surface area contributed by atoms with E-state index in [2.05, 4.69) is 4.98 Å². The van der Waals surface area contributed by atoms with Crippen molar-refractivity contribution in [2.45, 2.75) is 20.8 Å². The summed E-state index contributed by atoms with van der Waals surface area (Å²) in [5, 5.41) is 3.10. The SMILES string of the molecule is CC(=O)c1ccc(-c2csc(C)n2)cc1C. The van der Waals surface area contributed by atoms with Gasteiger partial charge in [0.1, 0.15) is 0 Å². The largest absolute Gasteiger partial charge is 0.295 e. The standard InChI is InChI=1S/C13H13NOS/c1-8-6-11(4-5-12(8)9(2)15)13-7-16-10(3)14-13/h4-7H,1-3H3. The lowest BCUT2D eigenvalue weighted by Crippen LogP contribution is -1.95. The minimum atomic E-state index is 0.110. The molecule has 0 radical (unpaired) electrons. The van der Waals surface area contributed by atoms with E-state index in [-0.39, 0.29) is 5.78 Å². The van der Waals surface area contributed by atoms with Gasteiger partial charge in [-0.2, -0.15) is 0 Å². The Hall–Kier alpha value is -1.48. The first-order valence-electron chi connectivity index (χ1n) is 5.12. The van der Waals surface area contributed by atoms with Gasteiger partial charge in [0.15, 0.2) is 5.78 Å². The molecule has 0 spiro atoms. The lowest BCUT2D eigenvalue weighted by atomic mass is 10.0. The predicted molar refractivity (Wildman–Crippen MR) is 67.0 cm³/mol. The first-order chi connectivity index (χ1) is 7.58. The summed E-state index contributed by atoms with van der Waals surface area (Å²) in [4.78, 5) is 15.7.